The SMILES string of the molecule is O=C(N=c1ccn(O)cc1)c1cc(C(F)(F)F)nnc1Oc1ccc(F)cc1Cl. The van der Waals surface area contributed by atoms with Crippen LogP contribution in [0.2, 0.25) is 5.02 Å². The maximum atomic E-state index is 13.2. The number of carbonyl (C=O) groups excluding carboxylic acids is 1. The average molecular weight is 429 g/mol. The van der Waals surface area contributed by atoms with E-state index in [4.69, 9.17) is 16.3 Å². The van der Waals surface area contributed by atoms with E-state index in [1.165, 1.54) is 12.1 Å². The quantitative estimate of drug-likeness (QED) is 0.505. The van der Waals surface area contributed by atoms with Crippen molar-refractivity contribution in [2.45, 2.75) is 6.18 Å². The number of amides is 1. The summed E-state index contributed by atoms with van der Waals surface area (Å²) >= 11 is 5.83. The summed E-state index contributed by atoms with van der Waals surface area (Å²) in [6.45, 7) is 0. The molecule has 2 heterocycles. The van der Waals surface area contributed by atoms with E-state index >= 15 is 0 Å². The van der Waals surface area contributed by atoms with Crippen LogP contribution in [0.3, 0.4) is 0 Å². The zero-order valence-corrected chi connectivity index (χ0v) is 14.8. The second-order valence-electron chi connectivity index (χ2n) is 5.48. The van der Waals surface area contributed by atoms with E-state index < -0.39 is 35.0 Å². The van der Waals surface area contributed by atoms with E-state index in [0.29, 0.717) is 10.8 Å². The number of alkyl halides is 3. The lowest BCUT2D eigenvalue weighted by atomic mass is 10.2. The lowest BCUT2D eigenvalue weighted by Crippen LogP contribution is -2.14. The minimum absolute atomic E-state index is 0.0523. The highest BCUT2D eigenvalue weighted by Crippen LogP contribution is 2.33. The normalized spacial score (nSPS) is 11.2. The number of aromatic nitrogens is 3. The van der Waals surface area contributed by atoms with Crippen molar-refractivity contribution in [3.05, 3.63) is 76.2 Å². The molecule has 3 aromatic rings. The van der Waals surface area contributed by atoms with Crippen LogP contribution in [0.4, 0.5) is 17.6 Å². The van der Waals surface area contributed by atoms with Gasteiger partial charge in [-0.05, 0) is 36.4 Å². The molecule has 0 atom stereocenters. The molecule has 12 heteroatoms. The summed E-state index contributed by atoms with van der Waals surface area (Å²) in [6, 6.07) is 5.94. The van der Waals surface area contributed by atoms with Crippen molar-refractivity contribution in [1.29, 1.82) is 0 Å². The van der Waals surface area contributed by atoms with Gasteiger partial charge >= 0.3 is 6.18 Å². The first kappa shape index (κ1) is 20.3. The first-order valence-corrected chi connectivity index (χ1v) is 8.06. The highest BCUT2D eigenvalue weighted by molar-refractivity contribution is 6.32. The third kappa shape index (κ3) is 4.88. The molecule has 3 rings (SSSR count). The van der Waals surface area contributed by atoms with E-state index in [-0.39, 0.29) is 16.1 Å². The highest BCUT2D eigenvalue weighted by Gasteiger charge is 2.35. The van der Waals surface area contributed by atoms with Gasteiger partial charge in [0.1, 0.15) is 17.1 Å². The van der Waals surface area contributed by atoms with Gasteiger partial charge < -0.3 is 9.94 Å². The van der Waals surface area contributed by atoms with Gasteiger partial charge in [-0.2, -0.15) is 13.2 Å². The van der Waals surface area contributed by atoms with Gasteiger partial charge in [-0.1, -0.05) is 11.6 Å². The van der Waals surface area contributed by atoms with Crippen LogP contribution in [-0.4, -0.2) is 26.0 Å². The van der Waals surface area contributed by atoms with E-state index in [1.807, 2.05) is 0 Å². The van der Waals surface area contributed by atoms with Gasteiger partial charge in [-0.3, -0.25) is 4.79 Å². The van der Waals surface area contributed by atoms with Gasteiger partial charge in [0, 0.05) is 12.4 Å². The van der Waals surface area contributed by atoms with Crippen LogP contribution in [0.1, 0.15) is 16.1 Å². The molecular formula is C17H9ClF4N4O3. The van der Waals surface area contributed by atoms with Crippen LogP contribution in [0, 0.1) is 5.82 Å². The lowest BCUT2D eigenvalue weighted by molar-refractivity contribution is -0.141. The first-order chi connectivity index (χ1) is 13.6. The molecule has 1 N–H and O–H groups in total. The summed E-state index contributed by atoms with van der Waals surface area (Å²) in [5.74, 6) is -2.54. The molecule has 7 nitrogen and oxygen atoms in total. The van der Waals surface area contributed by atoms with Gasteiger partial charge in [0.05, 0.1) is 10.4 Å². The topological polar surface area (TPSA) is 89.6 Å². The minimum atomic E-state index is -4.87. The summed E-state index contributed by atoms with van der Waals surface area (Å²) in [6.07, 6.45) is -2.55. The number of hydrogen-bond donors (Lipinski definition) is 1. The Labute approximate surface area is 164 Å². The minimum Gasteiger partial charge on any atom is -0.435 e. The second-order valence-corrected chi connectivity index (χ2v) is 5.88. The molecule has 0 saturated carbocycles. The molecule has 1 aromatic carbocycles. The van der Waals surface area contributed by atoms with Crippen molar-refractivity contribution >= 4 is 17.5 Å². The zero-order valence-electron chi connectivity index (χ0n) is 14.1. The summed E-state index contributed by atoms with van der Waals surface area (Å²) in [5.41, 5.74) is -2.08. The molecule has 150 valence electrons. The molecule has 0 saturated heterocycles. The fourth-order valence-electron chi connectivity index (χ4n) is 2.07. The Morgan fingerprint density at radius 1 is 1.14 bits per heavy atom. The first-order valence-electron chi connectivity index (χ1n) is 7.68. The van der Waals surface area contributed by atoms with Crippen molar-refractivity contribution in [2.24, 2.45) is 4.99 Å². The number of nitrogens with zero attached hydrogens (tertiary/aromatic N) is 4. The van der Waals surface area contributed by atoms with Gasteiger partial charge in [0.15, 0.2) is 5.69 Å². The molecule has 0 bridgehead atoms. The fourth-order valence-corrected chi connectivity index (χ4v) is 2.28. The number of pyridine rings is 1. The summed E-state index contributed by atoms with van der Waals surface area (Å²) in [4.78, 5) is 16.1. The van der Waals surface area contributed by atoms with Gasteiger partial charge in [-0.25, -0.2) is 14.1 Å². The Bertz CT molecular complexity index is 1130. The predicted molar refractivity (Wildman–Crippen MR) is 90.0 cm³/mol. The summed E-state index contributed by atoms with van der Waals surface area (Å²) in [7, 11) is 0. The molecule has 1 amide bonds. The predicted octanol–water partition coefficient (Wildman–Crippen LogP) is 3.86. The van der Waals surface area contributed by atoms with Crippen molar-refractivity contribution in [2.75, 3.05) is 0 Å². The number of hydrogen-bond acceptors (Lipinski definition) is 5. The molecule has 0 radical (unpaired) electrons. The third-order valence-electron chi connectivity index (χ3n) is 3.41. The van der Waals surface area contributed by atoms with Gasteiger partial charge in [0.25, 0.3) is 11.8 Å². The van der Waals surface area contributed by atoms with Gasteiger partial charge in [-0.15, -0.1) is 10.2 Å². The molecule has 0 aliphatic carbocycles. The Kier molecular flexibility index (Phi) is 5.50. The zero-order chi connectivity index (χ0) is 21.2. The Morgan fingerprint density at radius 3 is 2.45 bits per heavy atom. The number of carbonyl (C=O) groups is 1. The van der Waals surface area contributed by atoms with E-state index in [2.05, 4.69) is 15.2 Å². The molecule has 2 aromatic heterocycles. The molecule has 0 aliphatic rings. The van der Waals surface area contributed by atoms with E-state index in [1.54, 1.807) is 0 Å². The molecule has 29 heavy (non-hydrogen) atoms. The standard InChI is InChI=1S/C17H9ClF4N4O3/c18-12-7-9(19)1-2-13(12)29-16-11(8-14(24-25-16)17(20,21)22)15(27)23-10-3-5-26(28)6-4-10/h1-8,28H. The Hall–Kier alpha value is -3.47. The summed E-state index contributed by atoms with van der Waals surface area (Å²) < 4.78 is 58.1. The van der Waals surface area contributed by atoms with Crippen LogP contribution in [0.5, 0.6) is 11.6 Å². The Balaban J connectivity index is 2.07. The highest BCUT2D eigenvalue weighted by atomic mass is 35.5. The van der Waals surface area contributed by atoms with Crippen LogP contribution in [0.15, 0.2) is 53.8 Å². The molecule has 0 fully saturated rings. The average Bonchev–Trinajstić information content (AvgIpc) is 2.65. The van der Waals surface area contributed by atoms with Crippen LogP contribution in [-0.2, 0) is 6.18 Å². The smallest absolute Gasteiger partial charge is 0.435 e. The maximum Gasteiger partial charge on any atom is 0.435 e. The Morgan fingerprint density at radius 2 is 1.83 bits per heavy atom. The summed E-state index contributed by atoms with van der Waals surface area (Å²) in [5, 5.41) is 15.3. The largest absolute Gasteiger partial charge is 0.435 e. The van der Waals surface area contributed by atoms with Crippen LogP contribution >= 0.6 is 11.6 Å². The van der Waals surface area contributed by atoms with Gasteiger partial charge in [0.2, 0.25) is 0 Å². The second kappa shape index (κ2) is 7.87. The molecule has 0 aliphatic heterocycles. The fraction of sp³-hybridized carbons (Fsp3) is 0.0588. The van der Waals surface area contributed by atoms with Crippen molar-refractivity contribution in [1.82, 2.24) is 14.9 Å². The lowest BCUT2D eigenvalue weighted by Gasteiger charge is -2.11. The van der Waals surface area contributed by atoms with Crippen molar-refractivity contribution in [3.8, 4) is 11.6 Å². The number of rotatable bonds is 3. The van der Waals surface area contributed by atoms with E-state index in [0.717, 1.165) is 30.6 Å². The third-order valence-corrected chi connectivity index (χ3v) is 3.70. The maximum absolute atomic E-state index is 13.2. The van der Waals surface area contributed by atoms with Crippen molar-refractivity contribution in [3.63, 3.8) is 0 Å². The number of benzene rings is 1. The number of ether oxygens (including phenoxy) is 1. The molecule has 0 unspecified atom stereocenters. The monoisotopic (exact) mass is 428 g/mol. The van der Waals surface area contributed by atoms with E-state index in [9.17, 15) is 27.6 Å². The van der Waals surface area contributed by atoms with Crippen LogP contribution in [0.25, 0.3) is 0 Å². The van der Waals surface area contributed by atoms with Crippen molar-refractivity contribution < 1.29 is 32.3 Å². The molecular weight excluding hydrogens is 420 g/mol. The number of halogens is 5. The molecule has 0 spiro atoms. The van der Waals surface area contributed by atoms with Crippen LogP contribution < -0.4 is 10.1 Å².